The van der Waals surface area contributed by atoms with E-state index in [2.05, 4.69) is 10.3 Å². The van der Waals surface area contributed by atoms with Crippen LogP contribution < -0.4 is 14.4 Å². The molecule has 8 heteroatoms. The Morgan fingerprint density at radius 1 is 1.07 bits per heavy atom. The summed E-state index contributed by atoms with van der Waals surface area (Å²) >= 11 is 0. The van der Waals surface area contributed by atoms with Gasteiger partial charge in [-0.2, -0.15) is 0 Å². The fourth-order valence-corrected chi connectivity index (χ4v) is 4.56. The molecular weight excluding hydrogens is 402 g/mol. The number of rotatable bonds is 8. The first-order valence-corrected chi connectivity index (χ1v) is 10.7. The number of hydrogen-bond acceptors (Lipinski definition) is 5. The highest BCUT2D eigenvalue weighted by molar-refractivity contribution is 7.93. The van der Waals surface area contributed by atoms with Crippen molar-refractivity contribution in [2.45, 2.75) is 18.4 Å². The highest BCUT2D eigenvalue weighted by Crippen LogP contribution is 2.30. The Labute approximate surface area is 176 Å². The summed E-state index contributed by atoms with van der Waals surface area (Å²) < 4.78 is 33.4. The molecule has 0 unspecified atom stereocenters. The number of nitrogens with one attached hydrogen (secondary N) is 1. The van der Waals surface area contributed by atoms with Crippen molar-refractivity contribution in [2.75, 3.05) is 18.0 Å². The molecule has 0 aliphatic heterocycles. The molecule has 3 aromatic rings. The molecule has 0 aliphatic rings. The fraction of sp³-hybridized carbons (Fsp3) is 0.182. The van der Waals surface area contributed by atoms with Crippen LogP contribution in [0.4, 0.5) is 5.69 Å². The third-order valence-electron chi connectivity index (χ3n) is 4.41. The number of amides is 1. The molecule has 156 valence electrons. The number of hydrogen-bond donors (Lipinski definition) is 1. The van der Waals surface area contributed by atoms with Gasteiger partial charge in [-0.1, -0.05) is 30.3 Å². The van der Waals surface area contributed by atoms with Crippen LogP contribution in [0.25, 0.3) is 0 Å². The number of aryl methyl sites for hydroxylation is 1. The van der Waals surface area contributed by atoms with E-state index in [9.17, 15) is 13.2 Å². The van der Waals surface area contributed by atoms with Gasteiger partial charge in [0.05, 0.1) is 25.0 Å². The zero-order valence-electron chi connectivity index (χ0n) is 16.8. The molecule has 7 nitrogen and oxygen atoms in total. The molecule has 0 fully saturated rings. The minimum Gasteiger partial charge on any atom is -0.495 e. The molecule has 2 aromatic carbocycles. The summed E-state index contributed by atoms with van der Waals surface area (Å²) in [6.45, 7) is 1.62. The lowest BCUT2D eigenvalue weighted by molar-refractivity contribution is -0.119. The number of methoxy groups -OCH3 is 1. The molecule has 0 atom stereocenters. The lowest BCUT2D eigenvalue weighted by atomic mass is 10.2. The molecule has 0 aliphatic carbocycles. The first-order chi connectivity index (χ1) is 14.4. The SMILES string of the molecule is COc1ccc(C)cc1S(=O)(=O)N(CC(=O)NCc1ccccn1)c1ccccc1. The zero-order valence-corrected chi connectivity index (χ0v) is 17.6. The van der Waals surface area contributed by atoms with Crippen molar-refractivity contribution in [3.8, 4) is 5.75 Å². The van der Waals surface area contributed by atoms with Crippen molar-refractivity contribution in [3.05, 3.63) is 84.2 Å². The normalized spacial score (nSPS) is 11.0. The molecule has 1 amide bonds. The molecular formula is C22H23N3O4S. The van der Waals surface area contributed by atoms with E-state index >= 15 is 0 Å². The van der Waals surface area contributed by atoms with Gasteiger partial charge in [-0.25, -0.2) is 8.42 Å². The van der Waals surface area contributed by atoms with Gasteiger partial charge >= 0.3 is 0 Å². The Balaban J connectivity index is 1.91. The van der Waals surface area contributed by atoms with Gasteiger partial charge in [0.15, 0.2) is 0 Å². The number of nitrogens with zero attached hydrogens (tertiary/aromatic N) is 2. The summed E-state index contributed by atoms with van der Waals surface area (Å²) in [5.41, 5.74) is 1.83. The number of carbonyl (C=O) groups is 1. The maximum atomic E-state index is 13.5. The first kappa shape index (κ1) is 21.3. The highest BCUT2D eigenvalue weighted by atomic mass is 32.2. The van der Waals surface area contributed by atoms with Crippen LogP contribution >= 0.6 is 0 Å². The van der Waals surface area contributed by atoms with Crippen LogP contribution in [-0.2, 0) is 21.4 Å². The summed E-state index contributed by atoms with van der Waals surface area (Å²) in [7, 11) is -2.65. The van der Waals surface area contributed by atoms with Crippen molar-refractivity contribution in [2.24, 2.45) is 0 Å². The lowest BCUT2D eigenvalue weighted by Crippen LogP contribution is -2.40. The summed E-state index contributed by atoms with van der Waals surface area (Å²) in [6.07, 6.45) is 1.63. The van der Waals surface area contributed by atoms with Crippen molar-refractivity contribution in [3.63, 3.8) is 0 Å². The smallest absolute Gasteiger partial charge is 0.268 e. The number of aromatic nitrogens is 1. The summed E-state index contributed by atoms with van der Waals surface area (Å²) in [5.74, 6) is -0.227. The van der Waals surface area contributed by atoms with Crippen molar-refractivity contribution in [1.29, 1.82) is 0 Å². The molecule has 0 spiro atoms. The van der Waals surface area contributed by atoms with Gasteiger partial charge in [0.1, 0.15) is 17.2 Å². The standard InChI is InChI=1S/C22H23N3O4S/c1-17-11-12-20(29-2)21(14-17)30(27,28)25(19-9-4-3-5-10-19)16-22(26)24-15-18-8-6-7-13-23-18/h3-14H,15-16H2,1-2H3,(H,24,26). The van der Waals surface area contributed by atoms with Gasteiger partial charge in [-0.3, -0.25) is 14.1 Å². The highest BCUT2D eigenvalue weighted by Gasteiger charge is 2.30. The van der Waals surface area contributed by atoms with Gasteiger partial charge in [0, 0.05) is 6.20 Å². The zero-order chi connectivity index (χ0) is 21.6. The number of para-hydroxylation sites is 1. The lowest BCUT2D eigenvalue weighted by Gasteiger charge is -2.25. The Kier molecular flexibility index (Phi) is 6.68. The third-order valence-corrected chi connectivity index (χ3v) is 6.21. The van der Waals surface area contributed by atoms with Crippen LogP contribution in [0.2, 0.25) is 0 Å². The predicted molar refractivity (Wildman–Crippen MR) is 115 cm³/mol. The second kappa shape index (κ2) is 9.41. The molecule has 0 radical (unpaired) electrons. The van der Waals surface area contributed by atoms with E-state index in [0.29, 0.717) is 11.4 Å². The molecule has 0 saturated carbocycles. The minimum absolute atomic E-state index is 0.00591. The summed E-state index contributed by atoms with van der Waals surface area (Å²) in [4.78, 5) is 16.8. The Morgan fingerprint density at radius 2 is 1.80 bits per heavy atom. The van der Waals surface area contributed by atoms with Gasteiger partial charge < -0.3 is 10.1 Å². The molecule has 1 heterocycles. The number of ether oxygens (including phenoxy) is 1. The van der Waals surface area contributed by atoms with E-state index in [-0.39, 0.29) is 23.7 Å². The average Bonchev–Trinajstić information content (AvgIpc) is 2.77. The number of carbonyl (C=O) groups excluding carboxylic acids is 1. The summed E-state index contributed by atoms with van der Waals surface area (Å²) in [5, 5.41) is 2.72. The summed E-state index contributed by atoms with van der Waals surface area (Å²) in [6, 6.07) is 18.8. The van der Waals surface area contributed by atoms with Gasteiger partial charge in [0.2, 0.25) is 5.91 Å². The topological polar surface area (TPSA) is 88.6 Å². The number of anilines is 1. The van der Waals surface area contributed by atoms with Crippen LogP contribution in [-0.4, -0.2) is 33.0 Å². The first-order valence-electron chi connectivity index (χ1n) is 9.31. The van der Waals surface area contributed by atoms with Crippen LogP contribution in [0, 0.1) is 6.92 Å². The number of pyridine rings is 1. The van der Waals surface area contributed by atoms with E-state index in [1.807, 2.05) is 6.07 Å². The predicted octanol–water partition coefficient (Wildman–Crippen LogP) is 2.91. The Bertz CT molecular complexity index is 1100. The van der Waals surface area contributed by atoms with Gasteiger partial charge in [0.25, 0.3) is 10.0 Å². The van der Waals surface area contributed by atoms with E-state index in [4.69, 9.17) is 4.74 Å². The second-order valence-corrected chi connectivity index (χ2v) is 8.43. The van der Waals surface area contributed by atoms with Crippen molar-refractivity contribution >= 4 is 21.6 Å². The minimum atomic E-state index is -4.07. The Morgan fingerprint density at radius 3 is 2.47 bits per heavy atom. The van der Waals surface area contributed by atoms with Crippen LogP contribution in [0.15, 0.2) is 77.8 Å². The Hall–Kier alpha value is -3.39. The van der Waals surface area contributed by atoms with Crippen molar-refractivity contribution < 1.29 is 17.9 Å². The molecule has 30 heavy (non-hydrogen) atoms. The fourth-order valence-electron chi connectivity index (χ4n) is 2.89. The van der Waals surface area contributed by atoms with Crippen molar-refractivity contribution in [1.82, 2.24) is 10.3 Å². The quantitative estimate of drug-likeness (QED) is 0.600. The maximum Gasteiger partial charge on any atom is 0.268 e. The van der Waals surface area contributed by atoms with Crippen LogP contribution in [0.3, 0.4) is 0 Å². The third kappa shape index (κ3) is 4.96. The van der Waals surface area contributed by atoms with Crippen LogP contribution in [0.5, 0.6) is 5.75 Å². The second-order valence-electron chi connectivity index (χ2n) is 6.60. The van der Waals surface area contributed by atoms with E-state index in [0.717, 1.165) is 9.87 Å². The van der Waals surface area contributed by atoms with E-state index < -0.39 is 15.9 Å². The van der Waals surface area contributed by atoms with E-state index in [1.165, 1.54) is 13.2 Å². The molecule has 0 saturated heterocycles. The monoisotopic (exact) mass is 425 g/mol. The molecule has 1 N–H and O–H groups in total. The van der Waals surface area contributed by atoms with Crippen LogP contribution in [0.1, 0.15) is 11.3 Å². The largest absolute Gasteiger partial charge is 0.495 e. The molecule has 3 rings (SSSR count). The van der Waals surface area contributed by atoms with Gasteiger partial charge in [-0.15, -0.1) is 0 Å². The van der Waals surface area contributed by atoms with Gasteiger partial charge in [-0.05, 0) is 48.9 Å². The maximum absolute atomic E-state index is 13.5. The molecule has 1 aromatic heterocycles. The average molecular weight is 426 g/mol. The number of sulfonamides is 1. The van der Waals surface area contributed by atoms with E-state index in [1.54, 1.807) is 67.7 Å². The molecule has 0 bridgehead atoms. The number of benzene rings is 2.